The molecule has 2 aromatic carbocycles. The van der Waals surface area contributed by atoms with Crippen LogP contribution in [0.2, 0.25) is 10.0 Å². The molecule has 0 aliphatic heterocycles. The van der Waals surface area contributed by atoms with Crippen molar-refractivity contribution in [2.24, 2.45) is 0 Å². The molecule has 0 fully saturated rings. The van der Waals surface area contributed by atoms with Gasteiger partial charge >= 0.3 is 0 Å². The molecule has 2 rings (SSSR count). The zero-order valence-electron chi connectivity index (χ0n) is 10.6. The summed E-state index contributed by atoms with van der Waals surface area (Å²) < 4.78 is 0. The summed E-state index contributed by atoms with van der Waals surface area (Å²) in [5.41, 5.74) is 2.49. The second-order valence-electron chi connectivity index (χ2n) is 4.50. The Labute approximate surface area is 132 Å². The zero-order chi connectivity index (χ0) is 13.8. The van der Waals surface area contributed by atoms with Gasteiger partial charge in [-0.25, -0.2) is 0 Å². The second-order valence-corrected chi connectivity index (χ2v) is 6.30. The van der Waals surface area contributed by atoms with Gasteiger partial charge in [-0.3, -0.25) is 0 Å². The molecule has 0 heterocycles. The second kappa shape index (κ2) is 6.78. The molecule has 3 heteroatoms. The van der Waals surface area contributed by atoms with Crippen LogP contribution in [-0.2, 0) is 0 Å². The third kappa shape index (κ3) is 3.53. The van der Waals surface area contributed by atoms with Crippen LogP contribution in [0.1, 0.15) is 35.2 Å². The van der Waals surface area contributed by atoms with Crippen LogP contribution in [0.25, 0.3) is 0 Å². The molecule has 0 amide bonds. The molecular formula is C16H15BrCl2. The number of halogens is 3. The van der Waals surface area contributed by atoms with Crippen molar-refractivity contribution < 1.29 is 0 Å². The van der Waals surface area contributed by atoms with E-state index in [0.29, 0.717) is 16.0 Å². The smallest absolute Gasteiger partial charge is 0.0595 e. The summed E-state index contributed by atoms with van der Waals surface area (Å²) in [5, 5.41) is 1.20. The quantitative estimate of drug-likeness (QED) is 0.539. The predicted molar refractivity (Wildman–Crippen MR) is 87.6 cm³/mol. The highest BCUT2D eigenvalue weighted by Crippen LogP contribution is 2.41. The fourth-order valence-electron chi connectivity index (χ4n) is 2.23. The number of hydrogen-bond donors (Lipinski definition) is 0. The molecule has 0 aliphatic carbocycles. The topological polar surface area (TPSA) is 0 Å². The van der Waals surface area contributed by atoms with Crippen LogP contribution < -0.4 is 0 Å². The Balaban J connectivity index is 2.30. The largest absolute Gasteiger partial charge is 0.0832 e. The van der Waals surface area contributed by atoms with Crippen molar-refractivity contribution in [2.75, 3.05) is 0 Å². The first kappa shape index (κ1) is 14.9. The van der Waals surface area contributed by atoms with Gasteiger partial charge in [0.2, 0.25) is 0 Å². The summed E-state index contributed by atoms with van der Waals surface area (Å²) in [6, 6.07) is 16.3. The van der Waals surface area contributed by atoms with E-state index in [0.717, 1.165) is 12.0 Å². The van der Waals surface area contributed by atoms with Crippen molar-refractivity contribution in [1.82, 2.24) is 0 Å². The molecule has 0 saturated carbocycles. The molecule has 2 unspecified atom stereocenters. The monoisotopic (exact) mass is 356 g/mol. The number of hydrogen-bond acceptors (Lipinski definition) is 0. The van der Waals surface area contributed by atoms with Crippen molar-refractivity contribution >= 4 is 39.1 Å². The van der Waals surface area contributed by atoms with E-state index in [1.807, 2.05) is 24.3 Å². The molecular weight excluding hydrogens is 343 g/mol. The average Bonchev–Trinajstić information content (AvgIpc) is 2.44. The fourth-order valence-corrected chi connectivity index (χ4v) is 3.50. The highest BCUT2D eigenvalue weighted by atomic mass is 79.9. The summed E-state index contributed by atoms with van der Waals surface area (Å²) in [7, 11) is 0. The molecule has 0 saturated heterocycles. The molecule has 19 heavy (non-hydrogen) atoms. The molecule has 0 spiro atoms. The van der Waals surface area contributed by atoms with E-state index in [-0.39, 0.29) is 4.83 Å². The van der Waals surface area contributed by atoms with E-state index in [1.165, 1.54) is 5.56 Å². The van der Waals surface area contributed by atoms with Crippen LogP contribution in [0.5, 0.6) is 0 Å². The fraction of sp³-hybridized carbons (Fsp3) is 0.250. The summed E-state index contributed by atoms with van der Waals surface area (Å²) in [4.78, 5) is 0.231. The Morgan fingerprint density at radius 3 is 2.21 bits per heavy atom. The first-order valence-electron chi connectivity index (χ1n) is 6.27. The summed E-state index contributed by atoms with van der Waals surface area (Å²) in [6.07, 6.45) is 1.06. The molecule has 2 aromatic rings. The van der Waals surface area contributed by atoms with Gasteiger partial charge in [-0.05, 0) is 29.7 Å². The van der Waals surface area contributed by atoms with Crippen LogP contribution in [0.15, 0.2) is 48.5 Å². The maximum Gasteiger partial charge on any atom is 0.0595 e. The maximum absolute atomic E-state index is 6.10. The Kier molecular flexibility index (Phi) is 5.32. The van der Waals surface area contributed by atoms with Gasteiger partial charge in [-0.1, -0.05) is 82.5 Å². The van der Waals surface area contributed by atoms with Gasteiger partial charge in [0.25, 0.3) is 0 Å². The highest BCUT2D eigenvalue weighted by Gasteiger charge is 2.21. The Bertz CT molecular complexity index is 540. The molecule has 0 bridgehead atoms. The van der Waals surface area contributed by atoms with Gasteiger partial charge in [0.05, 0.1) is 10.0 Å². The molecule has 0 N–H and O–H groups in total. The standard InChI is InChI=1S/C16H15BrCl2/c1-2-13(11-6-4-3-5-7-11)16(17)12-8-9-14(18)15(19)10-12/h3-10,13,16H,2H2,1H3. The Morgan fingerprint density at radius 2 is 1.63 bits per heavy atom. The van der Waals surface area contributed by atoms with E-state index in [1.54, 1.807) is 0 Å². The lowest BCUT2D eigenvalue weighted by Crippen LogP contribution is -2.05. The van der Waals surface area contributed by atoms with Crippen LogP contribution in [0, 0.1) is 0 Å². The van der Waals surface area contributed by atoms with E-state index in [2.05, 4.69) is 47.1 Å². The average molecular weight is 358 g/mol. The van der Waals surface area contributed by atoms with Crippen LogP contribution in [0.4, 0.5) is 0 Å². The molecule has 0 aliphatic rings. The minimum absolute atomic E-state index is 0.231. The predicted octanol–water partition coefficient (Wildman–Crippen LogP) is 6.62. The summed E-state index contributed by atoms with van der Waals surface area (Å²) in [6.45, 7) is 2.20. The van der Waals surface area contributed by atoms with Crippen LogP contribution >= 0.6 is 39.1 Å². The number of alkyl halides is 1. The number of rotatable bonds is 4. The molecule has 100 valence electrons. The first-order chi connectivity index (χ1) is 9.13. The zero-order valence-corrected chi connectivity index (χ0v) is 13.7. The first-order valence-corrected chi connectivity index (χ1v) is 7.94. The minimum Gasteiger partial charge on any atom is -0.0832 e. The minimum atomic E-state index is 0.231. The third-order valence-corrected chi connectivity index (χ3v) is 5.19. The van der Waals surface area contributed by atoms with E-state index < -0.39 is 0 Å². The molecule has 2 atom stereocenters. The van der Waals surface area contributed by atoms with E-state index >= 15 is 0 Å². The van der Waals surface area contributed by atoms with Gasteiger partial charge in [-0.15, -0.1) is 0 Å². The lowest BCUT2D eigenvalue weighted by molar-refractivity contribution is 0.655. The third-order valence-electron chi connectivity index (χ3n) is 3.28. The van der Waals surface area contributed by atoms with Crippen molar-refractivity contribution in [1.29, 1.82) is 0 Å². The van der Waals surface area contributed by atoms with Crippen molar-refractivity contribution in [2.45, 2.75) is 24.1 Å². The van der Waals surface area contributed by atoms with Gasteiger partial charge in [0, 0.05) is 10.7 Å². The van der Waals surface area contributed by atoms with Crippen LogP contribution in [0.3, 0.4) is 0 Å². The molecule has 0 nitrogen and oxygen atoms in total. The maximum atomic E-state index is 6.10. The Morgan fingerprint density at radius 1 is 0.947 bits per heavy atom. The highest BCUT2D eigenvalue weighted by molar-refractivity contribution is 9.09. The van der Waals surface area contributed by atoms with Crippen molar-refractivity contribution in [3.8, 4) is 0 Å². The van der Waals surface area contributed by atoms with Crippen molar-refractivity contribution in [3.05, 3.63) is 69.7 Å². The van der Waals surface area contributed by atoms with Gasteiger partial charge < -0.3 is 0 Å². The van der Waals surface area contributed by atoms with Gasteiger partial charge in [0.15, 0.2) is 0 Å². The van der Waals surface area contributed by atoms with E-state index in [9.17, 15) is 0 Å². The van der Waals surface area contributed by atoms with Gasteiger partial charge in [-0.2, -0.15) is 0 Å². The van der Waals surface area contributed by atoms with Gasteiger partial charge in [0.1, 0.15) is 0 Å². The van der Waals surface area contributed by atoms with E-state index in [4.69, 9.17) is 23.2 Å². The molecule has 0 radical (unpaired) electrons. The molecule has 0 aromatic heterocycles. The summed E-state index contributed by atoms with van der Waals surface area (Å²) in [5.74, 6) is 0.415. The van der Waals surface area contributed by atoms with Crippen molar-refractivity contribution in [3.63, 3.8) is 0 Å². The summed E-state index contributed by atoms with van der Waals surface area (Å²) >= 11 is 15.9. The lowest BCUT2D eigenvalue weighted by atomic mass is 9.90. The lowest BCUT2D eigenvalue weighted by Gasteiger charge is -2.22. The SMILES string of the molecule is CCC(c1ccccc1)C(Br)c1ccc(Cl)c(Cl)c1. The number of benzene rings is 2. The normalized spacial score (nSPS) is 14.1. The van der Waals surface area contributed by atoms with Crippen LogP contribution in [-0.4, -0.2) is 0 Å². The Hall–Kier alpha value is -0.500.